The molecule has 1 fully saturated rings. The molecular weight excluding hydrogens is 380 g/mol. The summed E-state index contributed by atoms with van der Waals surface area (Å²) in [4.78, 5) is 55.4. The third-order valence-electron chi connectivity index (χ3n) is 5.41. The quantitative estimate of drug-likeness (QED) is 0.535. The van der Waals surface area contributed by atoms with Crippen molar-refractivity contribution < 1.29 is 33.5 Å². The summed E-state index contributed by atoms with van der Waals surface area (Å²) in [5, 5.41) is 0.737. The van der Waals surface area contributed by atoms with Gasteiger partial charge in [0.2, 0.25) is 5.91 Å². The van der Waals surface area contributed by atoms with E-state index in [2.05, 4.69) is 0 Å². The topological polar surface area (TPSA) is 102 Å². The van der Waals surface area contributed by atoms with Crippen molar-refractivity contribution in [3.8, 4) is 0 Å². The zero-order chi connectivity index (χ0) is 20.7. The molecule has 0 aliphatic carbocycles. The van der Waals surface area contributed by atoms with Gasteiger partial charge >= 0.3 is 0 Å². The molecule has 4 atom stereocenters. The van der Waals surface area contributed by atoms with Crippen LogP contribution in [0.3, 0.4) is 0 Å². The number of benzene rings is 1. The number of hydrogen-bond donors (Lipinski definition) is 0. The van der Waals surface area contributed by atoms with Gasteiger partial charge in [-0.2, -0.15) is 0 Å². The van der Waals surface area contributed by atoms with E-state index in [1.165, 1.54) is 24.3 Å². The summed E-state index contributed by atoms with van der Waals surface area (Å²) in [5.74, 6) is -1.89. The summed E-state index contributed by atoms with van der Waals surface area (Å²) in [6.45, 7) is 1.79. The Hall–Kier alpha value is -2.88. The average Bonchev–Trinajstić information content (AvgIpc) is 3.14. The molecule has 3 aliphatic rings. The van der Waals surface area contributed by atoms with Gasteiger partial charge in [0.05, 0.1) is 23.7 Å². The zero-order valence-corrected chi connectivity index (χ0v) is 15.9. The molecule has 9 nitrogen and oxygen atoms in total. The van der Waals surface area contributed by atoms with E-state index in [1.54, 1.807) is 24.3 Å². The third-order valence-corrected chi connectivity index (χ3v) is 5.41. The molecular formula is C20H20N2O7. The number of carbonyl (C=O) groups excluding carboxylic acids is 4. The molecule has 0 spiro atoms. The highest BCUT2D eigenvalue weighted by atomic mass is 16.7. The van der Waals surface area contributed by atoms with Crippen LogP contribution < -0.4 is 0 Å². The average molecular weight is 400 g/mol. The number of ether oxygens (including phenoxy) is 2. The molecule has 152 valence electrons. The highest BCUT2D eigenvalue weighted by Gasteiger charge is 2.47. The smallest absolute Gasteiger partial charge is 0.285 e. The van der Waals surface area contributed by atoms with E-state index < -0.39 is 30.3 Å². The van der Waals surface area contributed by atoms with Crippen molar-refractivity contribution in [3.63, 3.8) is 0 Å². The van der Waals surface area contributed by atoms with Crippen molar-refractivity contribution in [3.05, 3.63) is 47.7 Å². The minimum atomic E-state index is -0.734. The van der Waals surface area contributed by atoms with E-state index in [4.69, 9.17) is 14.3 Å². The Morgan fingerprint density at radius 3 is 2.34 bits per heavy atom. The fourth-order valence-corrected chi connectivity index (χ4v) is 3.80. The van der Waals surface area contributed by atoms with Crippen LogP contribution in [0, 0.1) is 5.92 Å². The van der Waals surface area contributed by atoms with Gasteiger partial charge in [-0.15, -0.1) is 5.06 Å². The van der Waals surface area contributed by atoms with Crippen LogP contribution in [0.5, 0.6) is 0 Å². The highest BCUT2D eigenvalue weighted by molar-refractivity contribution is 6.20. The minimum absolute atomic E-state index is 0.0757. The minimum Gasteiger partial charge on any atom is -0.376 e. The molecule has 0 bridgehead atoms. The Balaban J connectivity index is 1.46. The fraction of sp³-hybridized carbons (Fsp3) is 0.400. The largest absolute Gasteiger partial charge is 0.376 e. The lowest BCUT2D eigenvalue weighted by Gasteiger charge is -2.30. The van der Waals surface area contributed by atoms with Crippen molar-refractivity contribution in [1.82, 2.24) is 9.96 Å². The van der Waals surface area contributed by atoms with Crippen molar-refractivity contribution in [2.24, 2.45) is 5.92 Å². The number of carbonyl (C=O) groups is 4. The van der Waals surface area contributed by atoms with E-state index in [9.17, 15) is 19.2 Å². The fourth-order valence-electron chi connectivity index (χ4n) is 3.80. The normalized spacial score (nSPS) is 29.2. The van der Waals surface area contributed by atoms with E-state index in [0.29, 0.717) is 11.1 Å². The lowest BCUT2D eigenvalue weighted by atomic mass is 10.00. The maximum absolute atomic E-state index is 12.4. The zero-order valence-electron chi connectivity index (χ0n) is 15.9. The monoisotopic (exact) mass is 400 g/mol. The molecule has 3 amide bonds. The van der Waals surface area contributed by atoms with Crippen molar-refractivity contribution in [2.45, 2.75) is 31.8 Å². The predicted octanol–water partition coefficient (Wildman–Crippen LogP) is 0.905. The maximum atomic E-state index is 12.4. The van der Waals surface area contributed by atoms with Crippen molar-refractivity contribution in [1.29, 1.82) is 0 Å². The van der Waals surface area contributed by atoms with Crippen molar-refractivity contribution >= 4 is 23.5 Å². The van der Waals surface area contributed by atoms with Gasteiger partial charge in [0.1, 0.15) is 12.7 Å². The van der Waals surface area contributed by atoms with E-state index >= 15 is 0 Å². The molecule has 1 aromatic rings. The van der Waals surface area contributed by atoms with E-state index in [0.717, 1.165) is 5.06 Å². The first-order chi connectivity index (χ1) is 13.9. The molecule has 0 saturated carbocycles. The summed E-state index contributed by atoms with van der Waals surface area (Å²) in [6.07, 6.45) is 0.760. The molecule has 0 radical (unpaired) electrons. The molecule has 3 heterocycles. The first-order valence-corrected chi connectivity index (χ1v) is 9.23. The number of nitrogens with zero attached hydrogens (tertiary/aromatic N) is 2. The molecule has 29 heavy (non-hydrogen) atoms. The van der Waals surface area contributed by atoms with Gasteiger partial charge in [0.15, 0.2) is 12.0 Å². The predicted molar refractivity (Wildman–Crippen MR) is 97.1 cm³/mol. The molecule has 3 aliphatic heterocycles. The van der Waals surface area contributed by atoms with Gasteiger partial charge in [0, 0.05) is 19.2 Å². The third kappa shape index (κ3) is 3.27. The van der Waals surface area contributed by atoms with Crippen LogP contribution in [0.1, 0.15) is 34.1 Å². The Bertz CT molecular complexity index is 877. The van der Waals surface area contributed by atoms with Gasteiger partial charge in [-0.3, -0.25) is 28.9 Å². The first-order valence-electron chi connectivity index (χ1n) is 9.23. The summed E-state index contributed by atoms with van der Waals surface area (Å²) >= 11 is 0. The van der Waals surface area contributed by atoms with Crippen LogP contribution in [0.15, 0.2) is 36.5 Å². The van der Waals surface area contributed by atoms with Gasteiger partial charge in [0.25, 0.3) is 11.8 Å². The highest BCUT2D eigenvalue weighted by Crippen LogP contribution is 2.33. The standard InChI is InChI=1S/C20H20N2O7/c1-11-15(10-28-22-18(25)13-5-3-4-6-14(13)19(22)26)29-20(17(11)27-2)21-8-7-12(23)9-16(21)24/h3-8,11,15,17,20H,9-10H2,1-2H3/t11-,15-,17-,20-/m1/s1. The number of imide groups is 1. The van der Waals surface area contributed by atoms with Crippen LogP contribution in [0.25, 0.3) is 0 Å². The van der Waals surface area contributed by atoms with Crippen molar-refractivity contribution in [2.75, 3.05) is 13.7 Å². The SMILES string of the molecule is CO[C@@H]1[C@H](C)[C@@H](CON2C(=O)c3ccccc3C2=O)O[C@H]1N1C=CC(=O)CC1=O. The number of amides is 3. The van der Waals surface area contributed by atoms with E-state index in [1.807, 2.05) is 6.92 Å². The lowest BCUT2D eigenvalue weighted by molar-refractivity contribution is -0.158. The second kappa shape index (κ2) is 7.51. The molecule has 0 aromatic heterocycles. The second-order valence-corrected chi connectivity index (χ2v) is 7.13. The van der Waals surface area contributed by atoms with Gasteiger partial charge < -0.3 is 9.47 Å². The number of allylic oxidation sites excluding steroid dienone is 1. The maximum Gasteiger partial charge on any atom is 0.285 e. The van der Waals surface area contributed by atoms with Crippen LogP contribution in [-0.4, -0.2) is 65.6 Å². The molecule has 1 saturated heterocycles. The number of hydroxylamine groups is 2. The lowest BCUT2D eigenvalue weighted by Crippen LogP contribution is -2.45. The Kier molecular flexibility index (Phi) is 5.03. The van der Waals surface area contributed by atoms with Gasteiger partial charge in [-0.1, -0.05) is 19.1 Å². The Morgan fingerprint density at radius 1 is 1.10 bits per heavy atom. The van der Waals surface area contributed by atoms with Crippen LogP contribution in [-0.2, 0) is 23.9 Å². The van der Waals surface area contributed by atoms with Gasteiger partial charge in [-0.05, 0) is 18.2 Å². The molecule has 9 heteroatoms. The molecule has 1 aromatic carbocycles. The molecule has 4 rings (SSSR count). The summed E-state index contributed by atoms with van der Waals surface area (Å²) in [6, 6.07) is 6.50. The summed E-state index contributed by atoms with van der Waals surface area (Å²) in [5.41, 5.74) is 0.582. The van der Waals surface area contributed by atoms with Crippen LogP contribution >= 0.6 is 0 Å². The number of fused-ring (bicyclic) bond motifs is 1. The number of ketones is 1. The van der Waals surface area contributed by atoms with Crippen LogP contribution in [0.4, 0.5) is 0 Å². The number of hydrogen-bond acceptors (Lipinski definition) is 7. The number of rotatable bonds is 5. The first kappa shape index (κ1) is 19.4. The summed E-state index contributed by atoms with van der Waals surface area (Å²) in [7, 11) is 1.51. The second-order valence-electron chi connectivity index (χ2n) is 7.13. The summed E-state index contributed by atoms with van der Waals surface area (Å²) < 4.78 is 11.5. The molecule has 0 unspecified atom stereocenters. The Morgan fingerprint density at radius 2 is 1.76 bits per heavy atom. The van der Waals surface area contributed by atoms with E-state index in [-0.39, 0.29) is 30.6 Å². The number of methoxy groups -OCH3 is 1. The van der Waals surface area contributed by atoms with Gasteiger partial charge in [-0.25, -0.2) is 0 Å². The molecule has 0 N–H and O–H groups in total. The Labute approximate surface area is 166 Å². The van der Waals surface area contributed by atoms with Crippen LogP contribution in [0.2, 0.25) is 0 Å².